The van der Waals surface area contributed by atoms with Gasteiger partial charge in [0.1, 0.15) is 55.4 Å². The van der Waals surface area contributed by atoms with Gasteiger partial charge in [-0.15, -0.1) is 0 Å². The van der Waals surface area contributed by atoms with Crippen LogP contribution in [0.25, 0.3) is 0 Å². The number of aliphatic hydroxyl groups is 7. The largest absolute Gasteiger partial charge is 0.462 e. The molecule has 68 heavy (non-hydrogen) atoms. The molecule has 7 N–H and O–H groups in total. The Labute approximate surface area is 410 Å². The summed E-state index contributed by atoms with van der Waals surface area (Å²) in [4.78, 5) is 25.8. The van der Waals surface area contributed by atoms with Gasteiger partial charge in [-0.25, -0.2) is 0 Å². The summed E-state index contributed by atoms with van der Waals surface area (Å²) in [5.41, 5.74) is 0. The smallest absolute Gasteiger partial charge is 0.306 e. The van der Waals surface area contributed by atoms with Crippen molar-refractivity contribution in [2.75, 3.05) is 26.4 Å². The summed E-state index contributed by atoms with van der Waals surface area (Å²) in [6.45, 7) is 2.61. The Balaban J connectivity index is 1.78. The molecule has 2 aliphatic heterocycles. The average Bonchev–Trinajstić information content (AvgIpc) is 3.33. The van der Waals surface area contributed by atoms with Gasteiger partial charge in [-0.3, -0.25) is 9.59 Å². The highest BCUT2D eigenvalue weighted by molar-refractivity contribution is 5.70. The maximum atomic E-state index is 13.0. The van der Waals surface area contributed by atoms with Crippen LogP contribution >= 0.6 is 0 Å². The van der Waals surface area contributed by atoms with Crippen LogP contribution in [-0.4, -0.2) is 142 Å². The third kappa shape index (κ3) is 28.3. The Morgan fingerprint density at radius 3 is 1.31 bits per heavy atom. The van der Waals surface area contributed by atoms with Gasteiger partial charge in [-0.1, -0.05) is 180 Å². The predicted octanol–water partition coefficient (Wildman–Crippen LogP) is 8.16. The van der Waals surface area contributed by atoms with E-state index in [9.17, 15) is 45.3 Å². The molecule has 15 nitrogen and oxygen atoms in total. The number of ether oxygens (including phenoxy) is 6. The summed E-state index contributed by atoms with van der Waals surface area (Å²) < 4.78 is 33.6. The van der Waals surface area contributed by atoms with E-state index in [0.717, 1.165) is 51.4 Å². The lowest BCUT2D eigenvalue weighted by atomic mass is 9.98. The van der Waals surface area contributed by atoms with Crippen molar-refractivity contribution in [2.45, 2.75) is 287 Å². The zero-order valence-electron chi connectivity index (χ0n) is 42.4. The van der Waals surface area contributed by atoms with Crippen LogP contribution in [0, 0.1) is 0 Å². The molecule has 11 atom stereocenters. The standard InChI is InChI=1S/C53H98O15/c1-3-5-7-9-11-13-15-17-19-20-22-23-25-27-29-31-33-35-44(55)63-38-41(66-45(56)36-34-32-30-28-26-24-21-18-16-14-12-10-8-6-4-2)39-64-52-51(62)49(60)47(58)43(68-52)40-65-53-50(61)48(59)46(57)42(37-54)67-53/h14,16,41-43,46-54,57-62H,3-13,15,17-40H2,1-2H3/b16-14+/t41-,42+,43+,46-,47-,48?,49?,50?,51?,52+,53+/m0/s1. The van der Waals surface area contributed by atoms with E-state index in [2.05, 4.69) is 26.0 Å². The maximum absolute atomic E-state index is 13.0. The van der Waals surface area contributed by atoms with Gasteiger partial charge in [0.25, 0.3) is 0 Å². The molecular formula is C53H98O15. The van der Waals surface area contributed by atoms with Crippen molar-refractivity contribution in [1.29, 1.82) is 0 Å². The fraction of sp³-hybridized carbons (Fsp3) is 0.925. The number of unbranched alkanes of at least 4 members (excludes halogenated alkanes) is 27. The second-order valence-corrected chi connectivity index (χ2v) is 19.4. The molecule has 0 bridgehead atoms. The first-order chi connectivity index (χ1) is 33.0. The van der Waals surface area contributed by atoms with Gasteiger partial charge in [0.05, 0.1) is 19.8 Å². The molecule has 2 heterocycles. The van der Waals surface area contributed by atoms with Crippen LogP contribution in [0.1, 0.15) is 219 Å². The van der Waals surface area contributed by atoms with E-state index < -0.39 is 92.7 Å². The number of allylic oxidation sites excluding steroid dienone is 2. The minimum absolute atomic E-state index is 0.164. The van der Waals surface area contributed by atoms with E-state index in [0.29, 0.717) is 12.8 Å². The molecule has 0 radical (unpaired) electrons. The van der Waals surface area contributed by atoms with Gasteiger partial charge in [0.2, 0.25) is 0 Å². The van der Waals surface area contributed by atoms with Crippen molar-refractivity contribution in [3.63, 3.8) is 0 Å². The number of hydrogen-bond donors (Lipinski definition) is 7. The monoisotopic (exact) mass is 975 g/mol. The summed E-state index contributed by atoms with van der Waals surface area (Å²) in [6.07, 6.45) is 23.7. The van der Waals surface area contributed by atoms with Crippen LogP contribution in [0.15, 0.2) is 12.2 Å². The number of carbonyl (C=O) groups excluding carboxylic acids is 2. The maximum Gasteiger partial charge on any atom is 0.306 e. The van der Waals surface area contributed by atoms with E-state index in [1.165, 1.54) is 128 Å². The molecule has 0 amide bonds. The van der Waals surface area contributed by atoms with Crippen LogP contribution in [-0.2, 0) is 38.0 Å². The van der Waals surface area contributed by atoms with E-state index in [4.69, 9.17) is 28.4 Å². The fourth-order valence-corrected chi connectivity index (χ4v) is 8.74. The van der Waals surface area contributed by atoms with Crippen molar-refractivity contribution in [3.8, 4) is 0 Å². The van der Waals surface area contributed by atoms with Gasteiger partial charge in [-0.05, 0) is 38.5 Å². The van der Waals surface area contributed by atoms with Crippen molar-refractivity contribution in [1.82, 2.24) is 0 Å². The molecule has 2 saturated heterocycles. The van der Waals surface area contributed by atoms with Gasteiger partial charge >= 0.3 is 11.9 Å². The molecule has 0 spiro atoms. The first-order valence-corrected chi connectivity index (χ1v) is 27.3. The lowest BCUT2D eigenvalue weighted by Gasteiger charge is -2.42. The predicted molar refractivity (Wildman–Crippen MR) is 261 cm³/mol. The number of carbonyl (C=O) groups is 2. The Kier molecular flexibility index (Phi) is 37.4. The van der Waals surface area contributed by atoms with Crippen molar-refractivity contribution in [3.05, 3.63) is 12.2 Å². The average molecular weight is 975 g/mol. The minimum atomic E-state index is -1.76. The van der Waals surface area contributed by atoms with Crippen LogP contribution in [0.5, 0.6) is 0 Å². The van der Waals surface area contributed by atoms with E-state index >= 15 is 0 Å². The van der Waals surface area contributed by atoms with Gasteiger partial charge in [0, 0.05) is 12.8 Å². The highest BCUT2D eigenvalue weighted by Gasteiger charge is 2.47. The van der Waals surface area contributed by atoms with Crippen LogP contribution in [0.2, 0.25) is 0 Å². The lowest BCUT2D eigenvalue weighted by molar-refractivity contribution is -0.332. The molecule has 0 aromatic carbocycles. The Bertz CT molecular complexity index is 1240. The molecule has 0 aliphatic carbocycles. The normalized spacial score (nSPS) is 25.8. The fourth-order valence-electron chi connectivity index (χ4n) is 8.74. The van der Waals surface area contributed by atoms with Crippen molar-refractivity contribution >= 4 is 11.9 Å². The number of hydrogen-bond acceptors (Lipinski definition) is 15. The minimum Gasteiger partial charge on any atom is -0.462 e. The number of rotatable bonds is 43. The first kappa shape index (κ1) is 62.4. The van der Waals surface area contributed by atoms with Gasteiger partial charge < -0.3 is 64.2 Å². The molecule has 0 aromatic rings. The lowest BCUT2D eigenvalue weighted by Crippen LogP contribution is -2.61. The molecule has 0 aromatic heterocycles. The molecule has 4 unspecified atom stereocenters. The summed E-state index contributed by atoms with van der Waals surface area (Å²) in [5, 5.41) is 72.1. The summed E-state index contributed by atoms with van der Waals surface area (Å²) in [5.74, 6) is -0.918. The molecule has 2 aliphatic rings. The van der Waals surface area contributed by atoms with E-state index in [1.807, 2.05) is 0 Å². The first-order valence-electron chi connectivity index (χ1n) is 27.3. The summed E-state index contributed by atoms with van der Waals surface area (Å²) in [6, 6.07) is 0. The zero-order chi connectivity index (χ0) is 49.6. The Morgan fingerprint density at radius 1 is 0.456 bits per heavy atom. The molecule has 2 rings (SSSR count). The summed E-state index contributed by atoms with van der Waals surface area (Å²) in [7, 11) is 0. The quantitative estimate of drug-likeness (QED) is 0.0174. The Morgan fingerprint density at radius 2 is 0.838 bits per heavy atom. The number of aliphatic hydroxyl groups excluding tert-OH is 7. The molecule has 0 saturated carbocycles. The number of esters is 2. The van der Waals surface area contributed by atoms with Crippen molar-refractivity contribution < 1.29 is 73.8 Å². The van der Waals surface area contributed by atoms with Crippen LogP contribution in [0.4, 0.5) is 0 Å². The van der Waals surface area contributed by atoms with Gasteiger partial charge in [-0.2, -0.15) is 0 Å². The SMILES string of the molecule is CCCCCC/C=C/CCCCCCCCCC(=O)O[C@@H](COC(=O)CCCCCCCCCCCCCCCCCCC)CO[C@@H]1O[C@H](CO[C@@H]2O[C@H](CO)[C@H](O)C(O)C2O)[C@H](O)C(O)C1O. The molecule has 2 fully saturated rings. The zero-order valence-corrected chi connectivity index (χ0v) is 42.4. The molecule has 15 heteroatoms. The van der Waals surface area contributed by atoms with E-state index in [1.54, 1.807) is 0 Å². The highest BCUT2D eigenvalue weighted by atomic mass is 16.7. The summed E-state index contributed by atoms with van der Waals surface area (Å²) >= 11 is 0. The highest BCUT2D eigenvalue weighted by Crippen LogP contribution is 2.27. The molecular weight excluding hydrogens is 877 g/mol. The van der Waals surface area contributed by atoms with Crippen molar-refractivity contribution in [2.24, 2.45) is 0 Å². The second-order valence-electron chi connectivity index (χ2n) is 19.4. The molecule has 400 valence electrons. The second kappa shape index (κ2) is 40.8. The van der Waals surface area contributed by atoms with Gasteiger partial charge in [0.15, 0.2) is 18.7 Å². The van der Waals surface area contributed by atoms with Crippen LogP contribution in [0.3, 0.4) is 0 Å². The third-order valence-corrected chi connectivity index (χ3v) is 13.2. The Hall–Kier alpha value is -1.76. The third-order valence-electron chi connectivity index (χ3n) is 13.2. The van der Waals surface area contributed by atoms with E-state index in [-0.39, 0.29) is 26.1 Å². The van der Waals surface area contributed by atoms with Crippen LogP contribution < -0.4 is 0 Å². The topological polar surface area (TPSA) is 231 Å².